The Morgan fingerprint density at radius 2 is 2.08 bits per heavy atom. The number of alkyl halides is 3. The van der Waals surface area contributed by atoms with Crippen molar-refractivity contribution in [3.05, 3.63) is 0 Å². The Labute approximate surface area is 73.4 Å². The van der Waals surface area contributed by atoms with Crippen molar-refractivity contribution in [2.45, 2.75) is 19.1 Å². The summed E-state index contributed by atoms with van der Waals surface area (Å²) in [6.07, 6.45) is -4.86. The van der Waals surface area contributed by atoms with E-state index in [0.717, 1.165) is 0 Å². The molecule has 0 aliphatic rings. The molecule has 0 saturated heterocycles. The van der Waals surface area contributed by atoms with Crippen molar-refractivity contribution in [2.75, 3.05) is 13.7 Å². The van der Waals surface area contributed by atoms with Gasteiger partial charge in [0.15, 0.2) is 0 Å². The first kappa shape index (κ1) is 12.2. The molecule has 0 aliphatic carbocycles. The minimum absolute atomic E-state index is 0.206. The molecular formula is C6H11F3N2O2. The lowest BCUT2D eigenvalue weighted by molar-refractivity contribution is -0.175. The largest absolute Gasteiger partial charge is 0.472 e. The Balaban J connectivity index is 3.71. The van der Waals surface area contributed by atoms with Gasteiger partial charge in [0.1, 0.15) is 0 Å². The first-order valence-electron chi connectivity index (χ1n) is 3.49. The number of amides is 1. The molecule has 78 valence electrons. The molecule has 2 N–H and O–H groups in total. The Morgan fingerprint density at radius 3 is 2.46 bits per heavy atom. The van der Waals surface area contributed by atoms with Gasteiger partial charge in [-0.05, 0) is 6.92 Å². The van der Waals surface area contributed by atoms with Crippen LogP contribution in [0, 0.1) is 0 Å². The standard InChI is InChI=1S/C6H11F3N2O2/c1-4(3-13-2)10-11-5(12)6(7,8)9/h4,10H,3H2,1-2H3,(H,11,12). The predicted octanol–water partition coefficient (Wildman–Crippen LogP) is 0.204. The molecule has 13 heavy (non-hydrogen) atoms. The zero-order valence-corrected chi connectivity index (χ0v) is 7.23. The van der Waals surface area contributed by atoms with Gasteiger partial charge in [0.25, 0.3) is 0 Å². The second kappa shape index (κ2) is 5.03. The molecule has 0 bridgehead atoms. The molecule has 1 amide bonds. The fraction of sp³-hybridized carbons (Fsp3) is 0.833. The number of carbonyl (C=O) groups excluding carboxylic acids is 1. The van der Waals surface area contributed by atoms with Crippen molar-refractivity contribution < 1.29 is 22.7 Å². The van der Waals surface area contributed by atoms with Crippen LogP contribution in [0.25, 0.3) is 0 Å². The Hall–Kier alpha value is -0.820. The number of nitrogens with one attached hydrogen (secondary N) is 2. The molecule has 4 nitrogen and oxygen atoms in total. The maximum absolute atomic E-state index is 11.6. The van der Waals surface area contributed by atoms with Gasteiger partial charge in [-0.3, -0.25) is 10.2 Å². The van der Waals surface area contributed by atoms with Crippen molar-refractivity contribution in [3.8, 4) is 0 Å². The first-order chi connectivity index (χ1) is 5.88. The van der Waals surface area contributed by atoms with Gasteiger partial charge in [0.05, 0.1) is 6.61 Å². The van der Waals surface area contributed by atoms with E-state index >= 15 is 0 Å². The summed E-state index contributed by atoms with van der Waals surface area (Å²) in [6, 6.07) is -0.378. The summed E-state index contributed by atoms with van der Waals surface area (Å²) < 4.78 is 39.4. The lowest BCUT2D eigenvalue weighted by Gasteiger charge is -2.14. The number of carbonyl (C=O) groups is 1. The smallest absolute Gasteiger partial charge is 0.383 e. The van der Waals surface area contributed by atoms with Crippen molar-refractivity contribution >= 4 is 5.91 Å². The maximum atomic E-state index is 11.6. The molecule has 0 radical (unpaired) electrons. The van der Waals surface area contributed by atoms with E-state index in [0.29, 0.717) is 0 Å². The van der Waals surface area contributed by atoms with Crippen LogP contribution in [-0.4, -0.2) is 31.8 Å². The van der Waals surface area contributed by atoms with E-state index in [4.69, 9.17) is 0 Å². The van der Waals surface area contributed by atoms with Crippen molar-refractivity contribution in [3.63, 3.8) is 0 Å². The highest BCUT2D eigenvalue weighted by Crippen LogP contribution is 2.13. The topological polar surface area (TPSA) is 50.4 Å². The monoisotopic (exact) mass is 200 g/mol. The van der Waals surface area contributed by atoms with Gasteiger partial charge in [-0.1, -0.05) is 0 Å². The van der Waals surface area contributed by atoms with Crippen LogP contribution >= 0.6 is 0 Å². The van der Waals surface area contributed by atoms with Gasteiger partial charge in [0, 0.05) is 13.2 Å². The van der Waals surface area contributed by atoms with Gasteiger partial charge >= 0.3 is 12.1 Å². The van der Waals surface area contributed by atoms with Gasteiger partial charge < -0.3 is 4.74 Å². The van der Waals surface area contributed by atoms with Crippen molar-refractivity contribution in [2.24, 2.45) is 0 Å². The van der Waals surface area contributed by atoms with Gasteiger partial charge in [0.2, 0.25) is 0 Å². The fourth-order valence-electron chi connectivity index (χ4n) is 0.551. The zero-order chi connectivity index (χ0) is 10.5. The molecule has 0 aromatic heterocycles. The summed E-state index contributed by atoms with van der Waals surface area (Å²) in [5, 5.41) is 0. The van der Waals surface area contributed by atoms with E-state index in [2.05, 4.69) is 10.2 Å². The predicted molar refractivity (Wildman–Crippen MR) is 38.7 cm³/mol. The SMILES string of the molecule is COCC(C)NNC(=O)C(F)(F)F. The quantitative estimate of drug-likeness (QED) is 0.637. The van der Waals surface area contributed by atoms with E-state index in [1.165, 1.54) is 12.5 Å². The minimum atomic E-state index is -4.86. The van der Waals surface area contributed by atoms with E-state index in [9.17, 15) is 18.0 Å². The number of ether oxygens (including phenoxy) is 1. The highest BCUT2D eigenvalue weighted by Gasteiger charge is 2.38. The summed E-state index contributed by atoms with van der Waals surface area (Å²) in [7, 11) is 1.41. The number of methoxy groups -OCH3 is 1. The number of halogens is 3. The summed E-state index contributed by atoms with van der Waals surface area (Å²) in [6.45, 7) is 1.78. The zero-order valence-electron chi connectivity index (χ0n) is 7.23. The van der Waals surface area contributed by atoms with E-state index < -0.39 is 12.1 Å². The Bertz CT molecular complexity index is 172. The molecule has 0 fully saturated rings. The van der Waals surface area contributed by atoms with E-state index in [1.54, 1.807) is 6.92 Å². The number of hydrogen-bond donors (Lipinski definition) is 2. The third-order valence-corrected chi connectivity index (χ3v) is 1.11. The normalized spacial score (nSPS) is 13.9. The van der Waals surface area contributed by atoms with Gasteiger partial charge in [-0.2, -0.15) is 13.2 Å². The third kappa shape index (κ3) is 5.42. The first-order valence-corrected chi connectivity index (χ1v) is 3.49. The summed E-state index contributed by atoms with van der Waals surface area (Å²) >= 11 is 0. The summed E-state index contributed by atoms with van der Waals surface area (Å²) in [5.41, 5.74) is 3.66. The maximum Gasteiger partial charge on any atom is 0.472 e. The third-order valence-electron chi connectivity index (χ3n) is 1.11. The molecule has 7 heteroatoms. The van der Waals surface area contributed by atoms with Crippen molar-refractivity contribution in [1.29, 1.82) is 0 Å². The van der Waals surface area contributed by atoms with Crippen LogP contribution in [0.1, 0.15) is 6.92 Å². The average molecular weight is 200 g/mol. The Morgan fingerprint density at radius 1 is 1.54 bits per heavy atom. The molecule has 0 rings (SSSR count). The van der Waals surface area contributed by atoms with Crippen LogP contribution < -0.4 is 10.9 Å². The van der Waals surface area contributed by atoms with E-state index in [-0.39, 0.29) is 12.6 Å². The molecule has 1 atom stereocenters. The van der Waals surface area contributed by atoms with Gasteiger partial charge in [-0.15, -0.1) is 0 Å². The number of hydrogen-bond acceptors (Lipinski definition) is 3. The highest BCUT2D eigenvalue weighted by molar-refractivity contribution is 5.81. The van der Waals surface area contributed by atoms with Crippen LogP contribution in [0.3, 0.4) is 0 Å². The number of rotatable bonds is 4. The van der Waals surface area contributed by atoms with Crippen LogP contribution in [0.4, 0.5) is 13.2 Å². The second-order valence-electron chi connectivity index (χ2n) is 2.45. The summed E-state index contributed by atoms with van der Waals surface area (Å²) in [4.78, 5) is 10.2. The van der Waals surface area contributed by atoms with Crippen LogP contribution in [0.5, 0.6) is 0 Å². The van der Waals surface area contributed by atoms with Gasteiger partial charge in [-0.25, -0.2) is 5.43 Å². The highest BCUT2D eigenvalue weighted by atomic mass is 19.4. The molecule has 0 heterocycles. The van der Waals surface area contributed by atoms with Crippen LogP contribution in [0.2, 0.25) is 0 Å². The summed E-state index contributed by atoms with van der Waals surface area (Å²) in [5.74, 6) is -2.02. The molecule has 0 aromatic carbocycles. The molecule has 0 aromatic rings. The molecule has 0 spiro atoms. The average Bonchev–Trinajstić information content (AvgIpc) is 1.99. The molecule has 1 unspecified atom stereocenters. The minimum Gasteiger partial charge on any atom is -0.383 e. The van der Waals surface area contributed by atoms with Crippen molar-refractivity contribution in [1.82, 2.24) is 10.9 Å². The second-order valence-corrected chi connectivity index (χ2v) is 2.45. The lowest BCUT2D eigenvalue weighted by atomic mass is 10.4. The molecular weight excluding hydrogens is 189 g/mol. The lowest BCUT2D eigenvalue weighted by Crippen LogP contribution is -2.49. The molecule has 0 aliphatic heterocycles. The van der Waals surface area contributed by atoms with Crippen LogP contribution in [0.15, 0.2) is 0 Å². The van der Waals surface area contributed by atoms with E-state index in [1.807, 2.05) is 0 Å². The van der Waals surface area contributed by atoms with Crippen LogP contribution in [-0.2, 0) is 9.53 Å². The fourth-order valence-corrected chi connectivity index (χ4v) is 0.551. The number of hydrazine groups is 1. The molecule has 0 saturated carbocycles. The Kier molecular flexibility index (Phi) is 4.71.